The Bertz CT molecular complexity index is 805. The van der Waals surface area contributed by atoms with Crippen molar-refractivity contribution in [3.8, 4) is 0 Å². The largest absolute Gasteiger partial charge is 0.399 e. The van der Waals surface area contributed by atoms with Crippen molar-refractivity contribution in [1.82, 2.24) is 4.57 Å². The quantitative estimate of drug-likeness (QED) is 0.723. The number of rotatable bonds is 3. The van der Waals surface area contributed by atoms with Crippen LogP contribution < -0.4 is 11.1 Å². The van der Waals surface area contributed by atoms with Crippen molar-refractivity contribution in [3.63, 3.8) is 0 Å². The van der Waals surface area contributed by atoms with Crippen LogP contribution in [0.5, 0.6) is 0 Å². The number of nitrogens with two attached hydrogens (primary N) is 1. The third kappa shape index (κ3) is 2.74. The molecule has 0 saturated heterocycles. The van der Waals surface area contributed by atoms with Gasteiger partial charge in [0.2, 0.25) is 5.91 Å². The summed E-state index contributed by atoms with van der Waals surface area (Å²) in [5.74, 6) is -0.0516. The molecule has 1 amide bonds. The van der Waals surface area contributed by atoms with Gasteiger partial charge in [0.15, 0.2) is 0 Å². The standard InChI is InChI=1S/C17H17N3O/c1-12-4-2-3-5-15(12)19-17(21)11-20-9-8-13-6-7-14(18)10-16(13)20/h2-10H,11,18H2,1H3,(H,19,21). The molecule has 21 heavy (non-hydrogen) atoms. The highest BCUT2D eigenvalue weighted by molar-refractivity contribution is 5.93. The summed E-state index contributed by atoms with van der Waals surface area (Å²) in [7, 11) is 0. The van der Waals surface area contributed by atoms with E-state index in [0.717, 1.165) is 22.2 Å². The van der Waals surface area contributed by atoms with E-state index in [4.69, 9.17) is 5.73 Å². The van der Waals surface area contributed by atoms with Crippen molar-refractivity contribution in [2.45, 2.75) is 13.5 Å². The zero-order valence-electron chi connectivity index (χ0n) is 11.8. The third-order valence-electron chi connectivity index (χ3n) is 3.53. The number of carbonyl (C=O) groups is 1. The van der Waals surface area contributed by atoms with E-state index in [0.29, 0.717) is 5.69 Å². The maximum absolute atomic E-state index is 12.2. The highest BCUT2D eigenvalue weighted by Crippen LogP contribution is 2.19. The molecule has 106 valence electrons. The summed E-state index contributed by atoms with van der Waals surface area (Å²) in [5, 5.41) is 4.01. The minimum Gasteiger partial charge on any atom is -0.399 e. The fraction of sp³-hybridized carbons (Fsp3) is 0.118. The van der Waals surface area contributed by atoms with Gasteiger partial charge in [0.1, 0.15) is 6.54 Å². The van der Waals surface area contributed by atoms with E-state index in [-0.39, 0.29) is 12.5 Å². The number of hydrogen-bond donors (Lipinski definition) is 2. The number of nitrogens with one attached hydrogen (secondary N) is 1. The highest BCUT2D eigenvalue weighted by Gasteiger charge is 2.08. The average molecular weight is 279 g/mol. The molecule has 0 saturated carbocycles. The van der Waals surface area contributed by atoms with Gasteiger partial charge in [-0.1, -0.05) is 24.3 Å². The number of anilines is 2. The van der Waals surface area contributed by atoms with Gasteiger partial charge in [0, 0.05) is 17.6 Å². The monoisotopic (exact) mass is 279 g/mol. The van der Waals surface area contributed by atoms with Crippen LogP contribution >= 0.6 is 0 Å². The molecule has 0 bridgehead atoms. The molecule has 2 aromatic carbocycles. The molecule has 0 aliphatic carbocycles. The molecular weight excluding hydrogens is 262 g/mol. The van der Waals surface area contributed by atoms with Gasteiger partial charge in [0.25, 0.3) is 0 Å². The first-order valence-corrected chi connectivity index (χ1v) is 6.83. The number of hydrogen-bond acceptors (Lipinski definition) is 2. The molecular formula is C17H17N3O. The Morgan fingerprint density at radius 3 is 2.81 bits per heavy atom. The highest BCUT2D eigenvalue weighted by atomic mass is 16.1. The summed E-state index contributed by atoms with van der Waals surface area (Å²) in [6, 6.07) is 15.4. The topological polar surface area (TPSA) is 60.0 Å². The molecule has 0 spiro atoms. The van der Waals surface area contributed by atoms with Gasteiger partial charge in [-0.3, -0.25) is 4.79 Å². The lowest BCUT2D eigenvalue weighted by Crippen LogP contribution is -2.18. The normalized spacial score (nSPS) is 10.7. The van der Waals surface area contributed by atoms with Crippen LogP contribution in [0.4, 0.5) is 11.4 Å². The molecule has 0 atom stereocenters. The van der Waals surface area contributed by atoms with Crippen LogP contribution in [0.15, 0.2) is 54.7 Å². The number of para-hydroxylation sites is 1. The number of fused-ring (bicyclic) bond motifs is 1. The smallest absolute Gasteiger partial charge is 0.244 e. The first-order valence-electron chi connectivity index (χ1n) is 6.83. The van der Waals surface area contributed by atoms with Crippen molar-refractivity contribution in [2.75, 3.05) is 11.1 Å². The Balaban J connectivity index is 1.80. The number of amides is 1. The zero-order valence-corrected chi connectivity index (χ0v) is 11.8. The second-order valence-electron chi connectivity index (χ2n) is 5.12. The van der Waals surface area contributed by atoms with Gasteiger partial charge in [-0.15, -0.1) is 0 Å². The number of nitrogen functional groups attached to an aromatic ring is 1. The van der Waals surface area contributed by atoms with Gasteiger partial charge < -0.3 is 15.6 Å². The lowest BCUT2D eigenvalue weighted by Gasteiger charge is -2.09. The fourth-order valence-electron chi connectivity index (χ4n) is 2.40. The third-order valence-corrected chi connectivity index (χ3v) is 3.53. The van der Waals surface area contributed by atoms with Gasteiger partial charge in [-0.05, 0) is 42.1 Å². The van der Waals surface area contributed by atoms with Crippen molar-refractivity contribution < 1.29 is 4.79 Å². The Hall–Kier alpha value is -2.75. The Labute approximate surface area is 123 Å². The van der Waals surface area contributed by atoms with E-state index >= 15 is 0 Å². The lowest BCUT2D eigenvalue weighted by atomic mass is 10.2. The van der Waals surface area contributed by atoms with Crippen molar-refractivity contribution in [3.05, 3.63) is 60.3 Å². The van der Waals surface area contributed by atoms with E-state index in [1.165, 1.54) is 0 Å². The second kappa shape index (κ2) is 5.32. The first kappa shape index (κ1) is 13.2. The Kier molecular flexibility index (Phi) is 3.36. The number of aryl methyl sites for hydroxylation is 1. The van der Waals surface area contributed by atoms with E-state index < -0.39 is 0 Å². The maximum Gasteiger partial charge on any atom is 0.244 e. The van der Waals surface area contributed by atoms with E-state index in [1.54, 1.807) is 0 Å². The van der Waals surface area contributed by atoms with Crippen molar-refractivity contribution in [2.24, 2.45) is 0 Å². The molecule has 3 rings (SSSR count). The molecule has 0 aliphatic heterocycles. The zero-order chi connectivity index (χ0) is 14.8. The van der Waals surface area contributed by atoms with Gasteiger partial charge >= 0.3 is 0 Å². The fourth-order valence-corrected chi connectivity index (χ4v) is 2.40. The van der Waals surface area contributed by atoms with Crippen LogP contribution in [-0.2, 0) is 11.3 Å². The Morgan fingerprint density at radius 2 is 2.00 bits per heavy atom. The van der Waals surface area contributed by atoms with Crippen LogP contribution in [0.2, 0.25) is 0 Å². The molecule has 0 radical (unpaired) electrons. The molecule has 1 aromatic heterocycles. The number of benzene rings is 2. The van der Waals surface area contributed by atoms with Gasteiger partial charge in [-0.2, -0.15) is 0 Å². The van der Waals surface area contributed by atoms with Crippen molar-refractivity contribution in [1.29, 1.82) is 0 Å². The first-order chi connectivity index (χ1) is 10.1. The summed E-state index contributed by atoms with van der Waals surface area (Å²) in [6.45, 7) is 2.24. The SMILES string of the molecule is Cc1ccccc1NC(=O)Cn1ccc2ccc(N)cc21. The molecule has 1 heterocycles. The maximum atomic E-state index is 12.2. The summed E-state index contributed by atoms with van der Waals surface area (Å²) in [5.41, 5.74) is 9.37. The number of nitrogens with zero attached hydrogens (tertiary/aromatic N) is 1. The Morgan fingerprint density at radius 1 is 1.19 bits per heavy atom. The minimum atomic E-state index is -0.0516. The molecule has 3 aromatic rings. The number of aromatic nitrogens is 1. The summed E-state index contributed by atoms with van der Waals surface area (Å²) in [4.78, 5) is 12.2. The van der Waals surface area contributed by atoms with Gasteiger partial charge in [0.05, 0.1) is 5.52 Å². The molecule has 4 nitrogen and oxygen atoms in total. The molecule has 0 aliphatic rings. The van der Waals surface area contributed by atoms with Crippen LogP contribution in [-0.4, -0.2) is 10.5 Å². The predicted octanol–water partition coefficient (Wildman–Crippen LogP) is 3.17. The lowest BCUT2D eigenvalue weighted by molar-refractivity contribution is -0.116. The second-order valence-corrected chi connectivity index (χ2v) is 5.12. The van der Waals surface area contributed by atoms with Crippen LogP contribution in [0, 0.1) is 6.92 Å². The minimum absolute atomic E-state index is 0.0516. The summed E-state index contributed by atoms with van der Waals surface area (Å²) < 4.78 is 1.90. The van der Waals surface area contributed by atoms with Gasteiger partial charge in [-0.25, -0.2) is 0 Å². The number of carbonyl (C=O) groups excluding carboxylic acids is 1. The van der Waals surface area contributed by atoms with Crippen LogP contribution in [0.25, 0.3) is 10.9 Å². The van der Waals surface area contributed by atoms with E-state index in [1.807, 2.05) is 66.2 Å². The molecule has 0 fully saturated rings. The summed E-state index contributed by atoms with van der Waals surface area (Å²) in [6.07, 6.45) is 1.90. The molecule has 3 N–H and O–H groups in total. The van der Waals surface area contributed by atoms with E-state index in [9.17, 15) is 4.79 Å². The van der Waals surface area contributed by atoms with Crippen LogP contribution in [0.3, 0.4) is 0 Å². The van der Waals surface area contributed by atoms with Crippen molar-refractivity contribution >= 4 is 28.2 Å². The average Bonchev–Trinajstić information content (AvgIpc) is 2.84. The molecule has 4 heteroatoms. The molecule has 0 unspecified atom stereocenters. The predicted molar refractivity (Wildman–Crippen MR) is 86.2 cm³/mol. The summed E-state index contributed by atoms with van der Waals surface area (Å²) >= 11 is 0. The van der Waals surface area contributed by atoms with Crippen LogP contribution in [0.1, 0.15) is 5.56 Å². The van der Waals surface area contributed by atoms with E-state index in [2.05, 4.69) is 5.32 Å².